The molecule has 2 N–H and O–H groups in total. The third-order valence-corrected chi connectivity index (χ3v) is 5.29. The number of rotatable bonds is 2. The molecule has 1 aliphatic carbocycles. The van der Waals surface area contributed by atoms with Crippen molar-refractivity contribution in [1.82, 2.24) is 15.1 Å². The molecule has 120 valence electrons. The number of likely N-dealkylation sites (tertiary alicyclic amines) is 1. The molecule has 23 heavy (non-hydrogen) atoms. The van der Waals surface area contributed by atoms with Gasteiger partial charge in [-0.15, -0.1) is 0 Å². The lowest BCUT2D eigenvalue weighted by atomic mass is 9.84. The Balaban J connectivity index is 1.70. The summed E-state index contributed by atoms with van der Waals surface area (Å²) >= 11 is 0. The summed E-state index contributed by atoms with van der Waals surface area (Å²) in [7, 11) is 0. The molecule has 0 radical (unpaired) electrons. The Hall–Kier alpha value is -2.37. The zero-order valence-electron chi connectivity index (χ0n) is 12.7. The number of aromatic nitrogens is 2. The summed E-state index contributed by atoms with van der Waals surface area (Å²) in [6, 6.07) is 4.72. The highest BCUT2D eigenvalue weighted by Crippen LogP contribution is 2.40. The monoisotopic (exact) mass is 313 g/mol. The van der Waals surface area contributed by atoms with E-state index in [1.165, 1.54) is 0 Å². The molecule has 1 saturated carbocycles. The van der Waals surface area contributed by atoms with Crippen LogP contribution in [0, 0.1) is 5.92 Å². The molecule has 4 rings (SSSR count). The number of fused-ring (bicyclic) bond motifs is 2. The predicted octanol–water partition coefficient (Wildman–Crippen LogP) is 2.42. The van der Waals surface area contributed by atoms with Gasteiger partial charge in [0, 0.05) is 17.0 Å². The second-order valence-corrected chi connectivity index (χ2v) is 6.59. The molecule has 0 bridgehead atoms. The third-order valence-electron chi connectivity index (χ3n) is 5.29. The van der Waals surface area contributed by atoms with Crippen LogP contribution in [0.2, 0.25) is 0 Å². The molecule has 0 unspecified atom stereocenters. The van der Waals surface area contributed by atoms with Crippen molar-refractivity contribution in [2.75, 3.05) is 0 Å². The molecule has 0 spiro atoms. The highest BCUT2D eigenvalue weighted by Gasteiger charge is 2.47. The fourth-order valence-corrected chi connectivity index (χ4v) is 4.20. The van der Waals surface area contributed by atoms with E-state index < -0.39 is 12.0 Å². The van der Waals surface area contributed by atoms with Crippen molar-refractivity contribution in [2.24, 2.45) is 5.92 Å². The van der Waals surface area contributed by atoms with Crippen molar-refractivity contribution in [3.05, 3.63) is 30.0 Å². The van der Waals surface area contributed by atoms with Crippen LogP contribution in [-0.2, 0) is 4.79 Å². The Morgan fingerprint density at radius 2 is 2.09 bits per heavy atom. The van der Waals surface area contributed by atoms with Gasteiger partial charge in [-0.25, -0.2) is 4.79 Å². The summed E-state index contributed by atoms with van der Waals surface area (Å²) in [5.41, 5.74) is 1.41. The summed E-state index contributed by atoms with van der Waals surface area (Å²) in [6.45, 7) is 0. The highest BCUT2D eigenvalue weighted by molar-refractivity contribution is 6.00. The molecule has 1 amide bonds. The molecular weight excluding hydrogens is 294 g/mol. The molecule has 1 aliphatic heterocycles. The first-order chi connectivity index (χ1) is 11.1. The molecule has 2 fully saturated rings. The van der Waals surface area contributed by atoms with Crippen molar-refractivity contribution in [3.63, 3.8) is 0 Å². The van der Waals surface area contributed by atoms with Gasteiger partial charge in [0.15, 0.2) is 0 Å². The van der Waals surface area contributed by atoms with Crippen LogP contribution in [0.15, 0.2) is 24.4 Å². The summed E-state index contributed by atoms with van der Waals surface area (Å²) in [5, 5.41) is 17.2. The molecule has 2 aliphatic rings. The van der Waals surface area contributed by atoms with Gasteiger partial charge in [0.1, 0.15) is 6.04 Å². The van der Waals surface area contributed by atoms with E-state index in [0.29, 0.717) is 17.9 Å². The average Bonchev–Trinajstić information content (AvgIpc) is 3.17. The van der Waals surface area contributed by atoms with Crippen molar-refractivity contribution < 1.29 is 14.7 Å². The second kappa shape index (κ2) is 5.37. The fourth-order valence-electron chi connectivity index (χ4n) is 4.20. The maximum absolute atomic E-state index is 13.0. The Bertz CT molecular complexity index is 769. The number of carboxylic acid groups (broad SMARTS) is 1. The Labute approximate surface area is 133 Å². The first-order valence-electron chi connectivity index (χ1n) is 8.14. The summed E-state index contributed by atoms with van der Waals surface area (Å²) in [4.78, 5) is 26.3. The number of H-pyrrole nitrogens is 1. The first kappa shape index (κ1) is 14.2. The maximum Gasteiger partial charge on any atom is 0.326 e. The van der Waals surface area contributed by atoms with E-state index >= 15 is 0 Å². The molecule has 3 atom stereocenters. The minimum absolute atomic E-state index is 0.0670. The standard InChI is InChI=1S/C17H19N3O3/c21-16(11-5-6-13-12(7-11)9-18-19-13)20-14-4-2-1-3-10(14)8-15(20)17(22)23/h5-7,9-10,14-15H,1-4,8H2,(H,18,19)(H,22,23)/t10-,14-,15+/m1/s1. The van der Waals surface area contributed by atoms with Gasteiger partial charge in [-0.3, -0.25) is 9.89 Å². The van der Waals surface area contributed by atoms with E-state index in [0.717, 1.165) is 36.6 Å². The Kier molecular flexibility index (Phi) is 3.32. The smallest absolute Gasteiger partial charge is 0.326 e. The first-order valence-corrected chi connectivity index (χ1v) is 8.14. The number of nitrogens with one attached hydrogen (secondary N) is 1. The number of aromatic amines is 1. The summed E-state index contributed by atoms with van der Waals surface area (Å²) in [6.07, 6.45) is 6.40. The molecular formula is C17H19N3O3. The number of carbonyl (C=O) groups excluding carboxylic acids is 1. The number of hydrogen-bond donors (Lipinski definition) is 2. The lowest BCUT2D eigenvalue weighted by Gasteiger charge is -2.33. The van der Waals surface area contributed by atoms with E-state index in [1.807, 2.05) is 6.07 Å². The number of nitrogens with zero attached hydrogens (tertiary/aromatic N) is 2. The zero-order valence-corrected chi connectivity index (χ0v) is 12.7. The molecule has 6 heteroatoms. The second-order valence-electron chi connectivity index (χ2n) is 6.59. The van der Waals surface area contributed by atoms with Gasteiger partial charge in [0.05, 0.1) is 11.7 Å². The Morgan fingerprint density at radius 3 is 2.91 bits per heavy atom. The normalized spacial score (nSPS) is 27.1. The SMILES string of the molecule is O=C(O)[C@@H]1C[C@H]2CCCC[C@H]2N1C(=O)c1ccc2[nH]ncc2c1. The van der Waals surface area contributed by atoms with E-state index in [4.69, 9.17) is 0 Å². The number of amides is 1. The molecule has 1 aromatic heterocycles. The fraction of sp³-hybridized carbons (Fsp3) is 0.471. The van der Waals surface area contributed by atoms with E-state index in [2.05, 4.69) is 10.2 Å². The minimum atomic E-state index is -0.892. The van der Waals surface area contributed by atoms with Gasteiger partial charge >= 0.3 is 5.97 Å². The van der Waals surface area contributed by atoms with Crippen LogP contribution in [-0.4, -0.2) is 44.2 Å². The van der Waals surface area contributed by atoms with Crippen molar-refractivity contribution in [1.29, 1.82) is 0 Å². The molecule has 2 aromatic rings. The number of carboxylic acids is 1. The van der Waals surface area contributed by atoms with Crippen molar-refractivity contribution in [2.45, 2.75) is 44.2 Å². The number of carbonyl (C=O) groups is 2. The third kappa shape index (κ3) is 2.29. The van der Waals surface area contributed by atoms with Gasteiger partial charge in [-0.1, -0.05) is 12.8 Å². The largest absolute Gasteiger partial charge is 0.480 e. The van der Waals surface area contributed by atoms with Crippen molar-refractivity contribution >= 4 is 22.8 Å². The van der Waals surface area contributed by atoms with E-state index in [-0.39, 0.29) is 11.9 Å². The summed E-state index contributed by atoms with van der Waals surface area (Å²) < 4.78 is 0. The summed E-state index contributed by atoms with van der Waals surface area (Å²) in [5.74, 6) is -0.738. The maximum atomic E-state index is 13.0. The minimum Gasteiger partial charge on any atom is -0.480 e. The van der Waals surface area contributed by atoms with Crippen molar-refractivity contribution in [3.8, 4) is 0 Å². The van der Waals surface area contributed by atoms with Gasteiger partial charge in [-0.05, 0) is 43.4 Å². The van der Waals surface area contributed by atoms with Crippen LogP contribution in [0.25, 0.3) is 10.9 Å². The van der Waals surface area contributed by atoms with Crippen LogP contribution in [0.5, 0.6) is 0 Å². The average molecular weight is 313 g/mol. The van der Waals surface area contributed by atoms with Gasteiger partial charge in [0.2, 0.25) is 0 Å². The highest BCUT2D eigenvalue weighted by atomic mass is 16.4. The number of hydrogen-bond acceptors (Lipinski definition) is 3. The van der Waals surface area contributed by atoms with Crippen LogP contribution in [0.1, 0.15) is 42.5 Å². The van der Waals surface area contributed by atoms with Gasteiger partial charge < -0.3 is 10.0 Å². The molecule has 6 nitrogen and oxygen atoms in total. The quantitative estimate of drug-likeness (QED) is 0.891. The molecule has 1 saturated heterocycles. The lowest BCUT2D eigenvalue weighted by molar-refractivity contribution is -0.141. The predicted molar refractivity (Wildman–Crippen MR) is 84.1 cm³/mol. The van der Waals surface area contributed by atoms with Gasteiger partial charge in [-0.2, -0.15) is 5.10 Å². The lowest BCUT2D eigenvalue weighted by Crippen LogP contribution is -2.46. The topological polar surface area (TPSA) is 86.3 Å². The molecule has 2 heterocycles. The molecule has 1 aromatic carbocycles. The van der Waals surface area contributed by atoms with Crippen LogP contribution < -0.4 is 0 Å². The zero-order chi connectivity index (χ0) is 16.0. The Morgan fingerprint density at radius 1 is 1.26 bits per heavy atom. The number of benzene rings is 1. The van der Waals surface area contributed by atoms with Gasteiger partial charge in [0.25, 0.3) is 5.91 Å². The van der Waals surface area contributed by atoms with E-state index in [1.54, 1.807) is 23.2 Å². The van der Waals surface area contributed by atoms with Crippen LogP contribution >= 0.6 is 0 Å². The van der Waals surface area contributed by atoms with Crippen LogP contribution in [0.4, 0.5) is 0 Å². The van der Waals surface area contributed by atoms with E-state index in [9.17, 15) is 14.7 Å². The van der Waals surface area contributed by atoms with Crippen LogP contribution in [0.3, 0.4) is 0 Å². The number of aliphatic carboxylic acids is 1.